The van der Waals surface area contributed by atoms with E-state index in [0.29, 0.717) is 27.9 Å². The molecule has 0 atom stereocenters. The Labute approximate surface area is 176 Å². The van der Waals surface area contributed by atoms with Gasteiger partial charge >= 0.3 is 0 Å². The summed E-state index contributed by atoms with van der Waals surface area (Å²) >= 11 is 6.04. The van der Waals surface area contributed by atoms with E-state index in [4.69, 9.17) is 11.6 Å². The highest BCUT2D eigenvalue weighted by Crippen LogP contribution is 2.36. The lowest BCUT2D eigenvalue weighted by Crippen LogP contribution is -2.37. The van der Waals surface area contributed by atoms with E-state index in [1.165, 1.54) is 10.5 Å². The summed E-state index contributed by atoms with van der Waals surface area (Å²) in [6.07, 6.45) is 3.21. The molecule has 150 valence electrons. The molecule has 4 nitrogen and oxygen atoms in total. The van der Waals surface area contributed by atoms with E-state index in [-0.39, 0.29) is 11.8 Å². The standard InChI is InChI=1S/C24H25ClN2O2/c1-16(2)17-8-12-20(13-9-17)27-23(28)21(18-6-10-19(25)11-7-18)22(24(27)29)26-14-4-3-5-15-26/h6-13,16H,3-5,14-15H2,1-2H3. The van der Waals surface area contributed by atoms with E-state index in [1.807, 2.05) is 36.4 Å². The molecular weight excluding hydrogens is 384 g/mol. The molecule has 2 aliphatic rings. The van der Waals surface area contributed by atoms with Crippen LogP contribution in [0.1, 0.15) is 50.2 Å². The zero-order valence-corrected chi connectivity index (χ0v) is 17.6. The number of nitrogens with zero attached hydrogens (tertiary/aromatic N) is 2. The number of rotatable bonds is 4. The number of halogens is 1. The Kier molecular flexibility index (Phi) is 5.46. The zero-order chi connectivity index (χ0) is 20.5. The molecule has 0 unspecified atom stereocenters. The first-order valence-corrected chi connectivity index (χ1v) is 10.6. The van der Waals surface area contributed by atoms with E-state index in [9.17, 15) is 9.59 Å². The van der Waals surface area contributed by atoms with E-state index in [1.54, 1.807) is 12.1 Å². The van der Waals surface area contributed by atoms with E-state index >= 15 is 0 Å². The molecule has 1 fully saturated rings. The molecule has 1 saturated heterocycles. The largest absolute Gasteiger partial charge is 0.366 e. The number of benzene rings is 2. The summed E-state index contributed by atoms with van der Waals surface area (Å²) in [5.74, 6) is -0.116. The van der Waals surface area contributed by atoms with Gasteiger partial charge in [-0.1, -0.05) is 49.7 Å². The maximum Gasteiger partial charge on any atom is 0.282 e. The Bertz CT molecular complexity index is 955. The van der Waals surface area contributed by atoms with Crippen molar-refractivity contribution in [1.82, 2.24) is 4.90 Å². The van der Waals surface area contributed by atoms with Gasteiger partial charge in [0.2, 0.25) is 0 Å². The van der Waals surface area contributed by atoms with E-state index < -0.39 is 0 Å². The number of amides is 2. The highest BCUT2D eigenvalue weighted by molar-refractivity contribution is 6.45. The molecule has 0 aromatic heterocycles. The Morgan fingerprint density at radius 2 is 1.45 bits per heavy atom. The first-order chi connectivity index (χ1) is 14.0. The average molecular weight is 409 g/mol. The van der Waals surface area contributed by atoms with Gasteiger partial charge < -0.3 is 4.90 Å². The van der Waals surface area contributed by atoms with Crippen LogP contribution in [0.2, 0.25) is 5.02 Å². The molecule has 0 N–H and O–H groups in total. The van der Waals surface area contributed by atoms with Crippen LogP contribution in [-0.4, -0.2) is 29.8 Å². The number of carbonyl (C=O) groups is 2. The van der Waals surface area contributed by atoms with Gasteiger partial charge in [-0.2, -0.15) is 0 Å². The second-order valence-corrected chi connectivity index (χ2v) is 8.41. The average Bonchev–Trinajstić information content (AvgIpc) is 2.99. The van der Waals surface area contributed by atoms with Crippen LogP contribution in [0.15, 0.2) is 54.2 Å². The molecule has 5 heteroatoms. The summed E-state index contributed by atoms with van der Waals surface area (Å²) in [6, 6.07) is 14.9. The molecule has 2 amide bonds. The van der Waals surface area contributed by atoms with Crippen molar-refractivity contribution in [3.8, 4) is 0 Å². The summed E-state index contributed by atoms with van der Waals surface area (Å²) in [6.45, 7) is 5.84. The van der Waals surface area contributed by atoms with Crippen molar-refractivity contribution < 1.29 is 9.59 Å². The Hall–Kier alpha value is -2.59. The molecule has 2 aromatic carbocycles. The quantitative estimate of drug-likeness (QED) is 0.650. The predicted molar refractivity (Wildman–Crippen MR) is 117 cm³/mol. The maximum absolute atomic E-state index is 13.5. The van der Waals surface area contributed by atoms with Crippen molar-refractivity contribution in [2.24, 2.45) is 0 Å². The number of likely N-dealkylation sites (tertiary alicyclic amines) is 1. The fourth-order valence-electron chi connectivity index (χ4n) is 4.05. The van der Waals surface area contributed by atoms with E-state index in [0.717, 1.165) is 37.9 Å². The lowest BCUT2D eigenvalue weighted by atomic mass is 10.0. The van der Waals surface area contributed by atoms with Gasteiger partial charge in [-0.15, -0.1) is 0 Å². The number of hydrogen-bond donors (Lipinski definition) is 0. The fourth-order valence-corrected chi connectivity index (χ4v) is 4.17. The van der Waals surface area contributed by atoms with Crippen LogP contribution in [-0.2, 0) is 9.59 Å². The van der Waals surface area contributed by atoms with Crippen LogP contribution in [0.3, 0.4) is 0 Å². The third-order valence-electron chi connectivity index (χ3n) is 5.68. The summed E-state index contributed by atoms with van der Waals surface area (Å²) in [5.41, 5.74) is 3.51. The zero-order valence-electron chi connectivity index (χ0n) is 16.8. The molecule has 2 aliphatic heterocycles. The van der Waals surface area contributed by atoms with Crippen LogP contribution in [0.25, 0.3) is 5.57 Å². The monoisotopic (exact) mass is 408 g/mol. The molecule has 29 heavy (non-hydrogen) atoms. The number of carbonyl (C=O) groups excluding carboxylic acids is 2. The van der Waals surface area contributed by atoms with Crippen LogP contribution >= 0.6 is 11.6 Å². The van der Waals surface area contributed by atoms with Crippen molar-refractivity contribution in [2.75, 3.05) is 18.0 Å². The van der Waals surface area contributed by atoms with Gasteiger partial charge in [-0.3, -0.25) is 9.59 Å². The topological polar surface area (TPSA) is 40.6 Å². The highest BCUT2D eigenvalue weighted by Gasteiger charge is 2.42. The lowest BCUT2D eigenvalue weighted by molar-refractivity contribution is -0.120. The molecule has 0 saturated carbocycles. The Morgan fingerprint density at radius 1 is 0.828 bits per heavy atom. The first-order valence-electron chi connectivity index (χ1n) is 10.2. The molecule has 0 bridgehead atoms. The summed E-state index contributed by atoms with van der Waals surface area (Å²) in [4.78, 5) is 30.3. The van der Waals surface area contributed by atoms with Gasteiger partial charge in [-0.25, -0.2) is 4.90 Å². The van der Waals surface area contributed by atoms with Crippen LogP contribution < -0.4 is 4.90 Å². The summed E-state index contributed by atoms with van der Waals surface area (Å²) in [7, 11) is 0. The lowest BCUT2D eigenvalue weighted by Gasteiger charge is -2.29. The fraction of sp³-hybridized carbons (Fsp3) is 0.333. The summed E-state index contributed by atoms with van der Waals surface area (Å²) < 4.78 is 0. The molecule has 2 aromatic rings. The van der Waals surface area contributed by atoms with Crippen molar-refractivity contribution in [2.45, 2.75) is 39.0 Å². The predicted octanol–water partition coefficient (Wildman–Crippen LogP) is 5.23. The Balaban J connectivity index is 1.77. The van der Waals surface area contributed by atoms with Gasteiger partial charge in [-0.05, 0) is 60.6 Å². The van der Waals surface area contributed by atoms with Gasteiger partial charge in [0.15, 0.2) is 0 Å². The van der Waals surface area contributed by atoms with Crippen molar-refractivity contribution in [1.29, 1.82) is 0 Å². The molecule has 4 rings (SSSR count). The molecule has 0 spiro atoms. The summed E-state index contributed by atoms with van der Waals surface area (Å²) in [5, 5.41) is 0.603. The second kappa shape index (κ2) is 8.03. The van der Waals surface area contributed by atoms with Gasteiger partial charge in [0, 0.05) is 18.1 Å². The number of piperidine rings is 1. The third-order valence-corrected chi connectivity index (χ3v) is 5.93. The van der Waals surface area contributed by atoms with Crippen LogP contribution in [0, 0.1) is 0 Å². The number of anilines is 1. The SMILES string of the molecule is CC(C)c1ccc(N2C(=O)C(c3ccc(Cl)cc3)=C(N3CCCCC3)C2=O)cc1. The normalized spacial score (nSPS) is 17.7. The minimum atomic E-state index is -0.268. The van der Waals surface area contributed by atoms with Gasteiger partial charge in [0.05, 0.1) is 11.3 Å². The second-order valence-electron chi connectivity index (χ2n) is 7.97. The van der Waals surface area contributed by atoms with Crippen molar-refractivity contribution >= 4 is 34.7 Å². The molecule has 0 radical (unpaired) electrons. The first kappa shape index (κ1) is 19.7. The van der Waals surface area contributed by atoms with Crippen LogP contribution in [0.4, 0.5) is 5.69 Å². The molecule has 0 aliphatic carbocycles. The minimum Gasteiger partial charge on any atom is -0.366 e. The van der Waals surface area contributed by atoms with Crippen molar-refractivity contribution in [3.63, 3.8) is 0 Å². The number of imide groups is 1. The maximum atomic E-state index is 13.5. The van der Waals surface area contributed by atoms with Gasteiger partial charge in [0.25, 0.3) is 11.8 Å². The smallest absolute Gasteiger partial charge is 0.282 e. The highest BCUT2D eigenvalue weighted by atomic mass is 35.5. The van der Waals surface area contributed by atoms with Crippen LogP contribution in [0.5, 0.6) is 0 Å². The minimum absolute atomic E-state index is 0.237. The number of hydrogen-bond acceptors (Lipinski definition) is 3. The Morgan fingerprint density at radius 3 is 2.03 bits per heavy atom. The molecule has 2 heterocycles. The molecular formula is C24H25ClN2O2. The van der Waals surface area contributed by atoms with Crippen molar-refractivity contribution in [3.05, 3.63) is 70.4 Å². The van der Waals surface area contributed by atoms with E-state index in [2.05, 4.69) is 18.7 Å². The van der Waals surface area contributed by atoms with Gasteiger partial charge in [0.1, 0.15) is 5.70 Å². The third kappa shape index (κ3) is 3.69.